The molecule has 0 aliphatic carbocycles. The zero-order valence-electron chi connectivity index (χ0n) is 10.3. The summed E-state index contributed by atoms with van der Waals surface area (Å²) < 4.78 is 0.273. The standard InChI is InChI=1S/C12H11BrN2O5/c13-8-4-3-7(6-10(8)15(19)20)11(16)14-5-1-2-9(14)12(17)18/h3-4,6,9H,1-2,5H2,(H,17,18)/t9-/m0/s1. The van der Waals surface area contributed by atoms with Crippen LogP contribution in [0.3, 0.4) is 0 Å². The van der Waals surface area contributed by atoms with E-state index in [1.165, 1.54) is 17.0 Å². The molecule has 1 aromatic carbocycles. The van der Waals surface area contributed by atoms with E-state index in [0.29, 0.717) is 19.4 Å². The molecule has 1 atom stereocenters. The second-order valence-electron chi connectivity index (χ2n) is 4.42. The van der Waals surface area contributed by atoms with Crippen LogP contribution in [-0.2, 0) is 4.79 Å². The van der Waals surface area contributed by atoms with Gasteiger partial charge in [0.1, 0.15) is 6.04 Å². The summed E-state index contributed by atoms with van der Waals surface area (Å²) in [5, 5.41) is 19.9. The van der Waals surface area contributed by atoms with Crippen molar-refractivity contribution >= 4 is 33.5 Å². The molecule has 1 N–H and O–H groups in total. The third-order valence-corrected chi connectivity index (χ3v) is 3.86. The van der Waals surface area contributed by atoms with E-state index in [1.807, 2.05) is 0 Å². The maximum absolute atomic E-state index is 12.3. The maximum Gasteiger partial charge on any atom is 0.326 e. The molecule has 0 bridgehead atoms. The number of halogens is 1. The molecule has 2 rings (SSSR count). The Bertz CT molecular complexity index is 589. The van der Waals surface area contributed by atoms with Crippen LogP contribution in [0.1, 0.15) is 23.2 Å². The molecule has 8 heteroatoms. The molecule has 0 aromatic heterocycles. The molecule has 1 aliphatic rings. The average Bonchev–Trinajstić information content (AvgIpc) is 2.87. The lowest BCUT2D eigenvalue weighted by molar-refractivity contribution is -0.385. The average molecular weight is 343 g/mol. The topological polar surface area (TPSA) is 101 Å². The largest absolute Gasteiger partial charge is 0.480 e. The van der Waals surface area contributed by atoms with Gasteiger partial charge in [0.15, 0.2) is 0 Å². The van der Waals surface area contributed by atoms with Crippen LogP contribution in [0, 0.1) is 10.1 Å². The lowest BCUT2D eigenvalue weighted by Gasteiger charge is -2.21. The Morgan fingerprint density at radius 2 is 2.15 bits per heavy atom. The summed E-state index contributed by atoms with van der Waals surface area (Å²) in [6, 6.07) is 3.16. The van der Waals surface area contributed by atoms with E-state index >= 15 is 0 Å². The number of likely N-dealkylation sites (tertiary alicyclic amines) is 1. The van der Waals surface area contributed by atoms with Crippen LogP contribution in [0.25, 0.3) is 0 Å². The molecule has 1 aromatic rings. The number of nitro benzene ring substituents is 1. The Morgan fingerprint density at radius 1 is 1.45 bits per heavy atom. The zero-order chi connectivity index (χ0) is 14.9. The van der Waals surface area contributed by atoms with E-state index in [9.17, 15) is 19.7 Å². The van der Waals surface area contributed by atoms with Crippen molar-refractivity contribution < 1.29 is 19.6 Å². The number of amides is 1. The van der Waals surface area contributed by atoms with Crippen molar-refractivity contribution in [3.63, 3.8) is 0 Å². The maximum atomic E-state index is 12.3. The summed E-state index contributed by atoms with van der Waals surface area (Å²) >= 11 is 3.04. The van der Waals surface area contributed by atoms with E-state index in [4.69, 9.17) is 5.11 Å². The van der Waals surface area contributed by atoms with Crippen LogP contribution in [-0.4, -0.2) is 39.4 Å². The van der Waals surface area contributed by atoms with E-state index in [2.05, 4.69) is 15.9 Å². The van der Waals surface area contributed by atoms with E-state index in [1.54, 1.807) is 0 Å². The van der Waals surface area contributed by atoms with E-state index in [-0.39, 0.29) is 15.7 Å². The van der Waals surface area contributed by atoms with Gasteiger partial charge in [-0.15, -0.1) is 0 Å². The predicted molar refractivity (Wildman–Crippen MR) is 72.5 cm³/mol. The predicted octanol–water partition coefficient (Wildman–Crippen LogP) is 2.05. The highest BCUT2D eigenvalue weighted by atomic mass is 79.9. The number of carbonyl (C=O) groups excluding carboxylic acids is 1. The Labute approximate surface area is 122 Å². The second-order valence-corrected chi connectivity index (χ2v) is 5.27. The number of hydrogen-bond donors (Lipinski definition) is 1. The van der Waals surface area contributed by atoms with Gasteiger partial charge in [-0.2, -0.15) is 0 Å². The summed E-state index contributed by atoms with van der Waals surface area (Å²) in [7, 11) is 0. The Hall–Kier alpha value is -1.96. The van der Waals surface area contributed by atoms with Crippen molar-refractivity contribution in [2.45, 2.75) is 18.9 Å². The number of carbonyl (C=O) groups is 2. The number of carboxylic acids is 1. The van der Waals surface area contributed by atoms with Gasteiger partial charge >= 0.3 is 5.97 Å². The van der Waals surface area contributed by atoms with Crippen molar-refractivity contribution in [3.05, 3.63) is 38.3 Å². The summed E-state index contributed by atoms with van der Waals surface area (Å²) in [5.41, 5.74) is -0.102. The summed E-state index contributed by atoms with van der Waals surface area (Å²) in [6.07, 6.45) is 1.01. The van der Waals surface area contributed by atoms with Gasteiger partial charge in [-0.05, 0) is 40.9 Å². The molecule has 0 unspecified atom stereocenters. The van der Waals surface area contributed by atoms with Crippen molar-refractivity contribution in [2.75, 3.05) is 6.54 Å². The lowest BCUT2D eigenvalue weighted by Crippen LogP contribution is -2.40. The summed E-state index contributed by atoms with van der Waals surface area (Å²) in [5.74, 6) is -1.55. The molecule has 0 spiro atoms. The lowest BCUT2D eigenvalue weighted by atomic mass is 10.1. The Morgan fingerprint density at radius 3 is 2.75 bits per heavy atom. The molecule has 1 aliphatic heterocycles. The molecule has 20 heavy (non-hydrogen) atoms. The van der Waals surface area contributed by atoms with E-state index in [0.717, 1.165) is 6.07 Å². The van der Waals surface area contributed by atoms with Gasteiger partial charge < -0.3 is 10.0 Å². The minimum Gasteiger partial charge on any atom is -0.480 e. The molecule has 1 saturated heterocycles. The molecule has 0 saturated carbocycles. The fraction of sp³-hybridized carbons (Fsp3) is 0.333. The normalized spacial score (nSPS) is 18.1. The van der Waals surface area contributed by atoms with Crippen molar-refractivity contribution in [1.29, 1.82) is 0 Å². The van der Waals surface area contributed by atoms with Gasteiger partial charge in [-0.3, -0.25) is 14.9 Å². The number of nitrogens with zero attached hydrogens (tertiary/aromatic N) is 2. The monoisotopic (exact) mass is 342 g/mol. The highest BCUT2D eigenvalue weighted by Gasteiger charge is 2.34. The van der Waals surface area contributed by atoms with E-state index < -0.39 is 22.8 Å². The third-order valence-electron chi connectivity index (χ3n) is 3.19. The first kappa shape index (κ1) is 14.4. The van der Waals surface area contributed by atoms with Crippen LogP contribution < -0.4 is 0 Å². The highest BCUT2D eigenvalue weighted by molar-refractivity contribution is 9.10. The fourth-order valence-electron chi connectivity index (χ4n) is 2.22. The van der Waals surface area contributed by atoms with Crippen LogP contribution in [0.5, 0.6) is 0 Å². The van der Waals surface area contributed by atoms with Crippen molar-refractivity contribution in [1.82, 2.24) is 4.90 Å². The zero-order valence-corrected chi connectivity index (χ0v) is 11.9. The quantitative estimate of drug-likeness (QED) is 0.669. The minimum atomic E-state index is -1.05. The molecule has 0 radical (unpaired) electrons. The van der Waals surface area contributed by atoms with Crippen molar-refractivity contribution in [3.8, 4) is 0 Å². The summed E-state index contributed by atoms with van der Waals surface area (Å²) in [6.45, 7) is 0.347. The highest BCUT2D eigenvalue weighted by Crippen LogP contribution is 2.27. The van der Waals surface area contributed by atoms with Gasteiger partial charge in [0.2, 0.25) is 0 Å². The molecule has 1 amide bonds. The molecular formula is C12H11BrN2O5. The first-order chi connectivity index (χ1) is 9.41. The van der Waals surface area contributed by atoms with Gasteiger partial charge in [-0.25, -0.2) is 4.79 Å². The number of carboxylic acid groups (broad SMARTS) is 1. The van der Waals surface area contributed by atoms with Crippen molar-refractivity contribution in [2.24, 2.45) is 0 Å². The first-order valence-electron chi connectivity index (χ1n) is 5.89. The second kappa shape index (κ2) is 5.58. The third kappa shape index (κ3) is 2.64. The summed E-state index contributed by atoms with van der Waals surface area (Å²) in [4.78, 5) is 34.8. The van der Waals surface area contributed by atoms with Crippen LogP contribution in [0.2, 0.25) is 0 Å². The number of benzene rings is 1. The molecule has 106 valence electrons. The van der Waals surface area contributed by atoms with Crippen LogP contribution >= 0.6 is 15.9 Å². The molecule has 1 fully saturated rings. The SMILES string of the molecule is O=C(O)[C@@H]1CCCN1C(=O)c1ccc(Br)c([N+](=O)[O-])c1. The number of hydrogen-bond acceptors (Lipinski definition) is 4. The number of rotatable bonds is 3. The van der Waals surface area contributed by atoms with Crippen LogP contribution in [0.15, 0.2) is 22.7 Å². The molecule has 7 nitrogen and oxygen atoms in total. The first-order valence-corrected chi connectivity index (χ1v) is 6.69. The molecular weight excluding hydrogens is 332 g/mol. The number of nitro groups is 1. The number of aliphatic carboxylic acids is 1. The molecule has 1 heterocycles. The Kier molecular flexibility index (Phi) is 4.03. The minimum absolute atomic E-state index is 0.119. The van der Waals surface area contributed by atoms with Gasteiger partial charge in [0.05, 0.1) is 9.40 Å². The van der Waals surface area contributed by atoms with Gasteiger partial charge in [-0.1, -0.05) is 0 Å². The fourth-order valence-corrected chi connectivity index (χ4v) is 2.61. The van der Waals surface area contributed by atoms with Crippen LogP contribution in [0.4, 0.5) is 5.69 Å². The Balaban J connectivity index is 2.32. The smallest absolute Gasteiger partial charge is 0.326 e. The van der Waals surface area contributed by atoms with Gasteiger partial charge in [0, 0.05) is 18.2 Å². The van der Waals surface area contributed by atoms with Gasteiger partial charge in [0.25, 0.3) is 11.6 Å².